The highest BCUT2D eigenvalue weighted by Crippen LogP contribution is 2.25. The van der Waals surface area contributed by atoms with Gasteiger partial charge in [0.25, 0.3) is 0 Å². The molecule has 25 heavy (non-hydrogen) atoms. The number of piperidine rings is 1. The average molecular weight is 363 g/mol. The molecule has 0 spiro atoms. The molecule has 0 radical (unpaired) electrons. The third-order valence-electron chi connectivity index (χ3n) is 5.52. The Morgan fingerprint density at radius 1 is 1.12 bits per heavy atom. The Morgan fingerprint density at radius 2 is 1.72 bits per heavy atom. The Hall–Kier alpha value is -1.02. The third kappa shape index (κ3) is 6.02. The molecule has 0 bridgehead atoms. The van der Waals surface area contributed by atoms with Crippen LogP contribution in [0.5, 0.6) is 0 Å². The molecule has 1 N–H and O–H groups in total. The van der Waals surface area contributed by atoms with E-state index in [9.17, 15) is 13.2 Å². The van der Waals surface area contributed by atoms with Gasteiger partial charge in [0.1, 0.15) is 6.04 Å². The van der Waals surface area contributed by atoms with Crippen molar-refractivity contribution in [1.82, 2.24) is 20.0 Å². The fraction of sp³-hybridized carbons (Fsp3) is 0.941. The monoisotopic (exact) mass is 363 g/mol. The molecule has 2 aliphatic rings. The van der Waals surface area contributed by atoms with E-state index in [4.69, 9.17) is 0 Å². The highest BCUT2D eigenvalue weighted by atomic mass is 19.4. The van der Waals surface area contributed by atoms with E-state index >= 15 is 0 Å². The minimum Gasteiger partial charge on any atom is -0.356 e. The summed E-state index contributed by atoms with van der Waals surface area (Å²) in [4.78, 5) is 10.2. The van der Waals surface area contributed by atoms with E-state index in [0.29, 0.717) is 26.2 Å². The third-order valence-corrected chi connectivity index (χ3v) is 5.52. The van der Waals surface area contributed by atoms with Crippen molar-refractivity contribution in [2.24, 2.45) is 10.9 Å². The number of rotatable bonds is 4. The number of alkyl halides is 3. The summed E-state index contributed by atoms with van der Waals surface area (Å²) in [7, 11) is 3.90. The highest BCUT2D eigenvalue weighted by molar-refractivity contribution is 5.79. The molecule has 2 fully saturated rings. The molecule has 2 saturated heterocycles. The zero-order valence-electron chi connectivity index (χ0n) is 15.6. The first-order valence-electron chi connectivity index (χ1n) is 9.26. The Bertz CT molecular complexity index is 424. The van der Waals surface area contributed by atoms with E-state index in [-0.39, 0.29) is 0 Å². The second kappa shape index (κ2) is 9.07. The number of likely N-dealkylation sites (tertiary alicyclic amines) is 1. The second-order valence-corrected chi connectivity index (χ2v) is 7.25. The van der Waals surface area contributed by atoms with Crippen molar-refractivity contribution in [3.05, 3.63) is 0 Å². The van der Waals surface area contributed by atoms with Crippen LogP contribution in [-0.4, -0.2) is 92.8 Å². The fourth-order valence-electron chi connectivity index (χ4n) is 3.60. The van der Waals surface area contributed by atoms with Crippen LogP contribution in [0.15, 0.2) is 4.99 Å². The summed E-state index contributed by atoms with van der Waals surface area (Å²) in [5, 5.41) is 3.39. The summed E-state index contributed by atoms with van der Waals surface area (Å²) in [6.45, 7) is 6.43. The van der Waals surface area contributed by atoms with Gasteiger partial charge in [-0.15, -0.1) is 0 Å². The first-order valence-corrected chi connectivity index (χ1v) is 9.26. The van der Waals surface area contributed by atoms with E-state index in [1.807, 2.05) is 0 Å². The molecule has 0 aromatic rings. The van der Waals surface area contributed by atoms with Gasteiger partial charge in [-0.3, -0.25) is 9.89 Å². The quantitative estimate of drug-likeness (QED) is 0.611. The molecule has 0 aromatic heterocycles. The number of hydrogen-bond donors (Lipinski definition) is 1. The van der Waals surface area contributed by atoms with Gasteiger partial charge in [-0.25, -0.2) is 0 Å². The molecule has 2 heterocycles. The maximum Gasteiger partial charge on any atom is 0.403 e. The molecule has 2 aliphatic heterocycles. The van der Waals surface area contributed by atoms with Crippen molar-refractivity contribution in [2.45, 2.75) is 38.4 Å². The van der Waals surface area contributed by atoms with Gasteiger partial charge in [-0.1, -0.05) is 0 Å². The van der Waals surface area contributed by atoms with E-state index in [1.54, 1.807) is 7.05 Å². The van der Waals surface area contributed by atoms with Crippen LogP contribution in [0.1, 0.15) is 26.2 Å². The molecule has 146 valence electrons. The predicted molar refractivity (Wildman–Crippen MR) is 94.9 cm³/mol. The SMILES string of the molecule is CN=C(NCCC1CCN(C)CC1)N1CCN(C(C)C(F)(F)F)CC1. The standard InChI is InChI=1S/C17H32F3N5/c1-14(17(18,19)20)24-10-12-25(13-11-24)16(21-2)22-7-4-15-5-8-23(3)9-6-15/h14-15H,4-13H2,1-3H3,(H,21,22). The first kappa shape index (κ1) is 20.3. The van der Waals surface area contributed by atoms with E-state index in [0.717, 1.165) is 24.8 Å². The summed E-state index contributed by atoms with van der Waals surface area (Å²) in [6.07, 6.45) is -0.552. The molecule has 5 nitrogen and oxygen atoms in total. The molecule has 0 aliphatic carbocycles. The summed E-state index contributed by atoms with van der Waals surface area (Å²) in [5.74, 6) is 1.57. The summed E-state index contributed by atoms with van der Waals surface area (Å²) in [6, 6.07) is -1.38. The predicted octanol–water partition coefficient (Wildman–Crippen LogP) is 1.86. The van der Waals surface area contributed by atoms with Gasteiger partial charge < -0.3 is 15.1 Å². The zero-order chi connectivity index (χ0) is 18.4. The van der Waals surface area contributed by atoms with E-state index in [1.165, 1.54) is 37.8 Å². The van der Waals surface area contributed by atoms with Gasteiger partial charge in [-0.05, 0) is 52.2 Å². The first-order chi connectivity index (χ1) is 11.8. The molecule has 1 unspecified atom stereocenters. The molecule has 0 saturated carbocycles. The van der Waals surface area contributed by atoms with Crippen LogP contribution in [0.25, 0.3) is 0 Å². The lowest BCUT2D eigenvalue weighted by atomic mass is 9.94. The summed E-state index contributed by atoms with van der Waals surface area (Å²) < 4.78 is 38.5. The zero-order valence-corrected chi connectivity index (χ0v) is 15.6. The smallest absolute Gasteiger partial charge is 0.356 e. The number of nitrogens with one attached hydrogen (secondary N) is 1. The second-order valence-electron chi connectivity index (χ2n) is 7.25. The van der Waals surface area contributed by atoms with Gasteiger partial charge in [0.2, 0.25) is 0 Å². The molecular weight excluding hydrogens is 331 g/mol. The Labute approximate surface area is 149 Å². The van der Waals surface area contributed by atoms with Crippen molar-refractivity contribution in [3.63, 3.8) is 0 Å². The van der Waals surface area contributed by atoms with Crippen LogP contribution in [0.3, 0.4) is 0 Å². The molecule has 0 amide bonds. The van der Waals surface area contributed by atoms with E-state index < -0.39 is 12.2 Å². The number of nitrogens with zero attached hydrogens (tertiary/aromatic N) is 4. The largest absolute Gasteiger partial charge is 0.403 e. The minimum absolute atomic E-state index is 0.413. The maximum absolute atomic E-state index is 12.8. The molecule has 0 aromatic carbocycles. The van der Waals surface area contributed by atoms with Crippen molar-refractivity contribution < 1.29 is 13.2 Å². The van der Waals surface area contributed by atoms with Gasteiger partial charge in [0, 0.05) is 39.8 Å². The lowest BCUT2D eigenvalue weighted by molar-refractivity contribution is -0.181. The summed E-state index contributed by atoms with van der Waals surface area (Å²) in [5.41, 5.74) is 0. The average Bonchev–Trinajstić information content (AvgIpc) is 2.59. The molecule has 8 heteroatoms. The number of guanidine groups is 1. The molecule has 2 rings (SSSR count). The summed E-state index contributed by atoms with van der Waals surface area (Å²) >= 11 is 0. The van der Waals surface area contributed by atoms with Crippen molar-refractivity contribution in [1.29, 1.82) is 0 Å². The fourth-order valence-corrected chi connectivity index (χ4v) is 3.60. The van der Waals surface area contributed by atoms with Crippen LogP contribution < -0.4 is 5.32 Å². The van der Waals surface area contributed by atoms with Crippen LogP contribution >= 0.6 is 0 Å². The number of hydrogen-bond acceptors (Lipinski definition) is 3. The lowest BCUT2D eigenvalue weighted by Crippen LogP contribution is -2.56. The van der Waals surface area contributed by atoms with Crippen LogP contribution in [0, 0.1) is 5.92 Å². The Morgan fingerprint density at radius 3 is 2.24 bits per heavy atom. The van der Waals surface area contributed by atoms with Gasteiger partial charge >= 0.3 is 6.18 Å². The van der Waals surface area contributed by atoms with Crippen LogP contribution in [0.2, 0.25) is 0 Å². The highest BCUT2D eigenvalue weighted by Gasteiger charge is 2.41. The molecular formula is C17H32F3N5. The van der Waals surface area contributed by atoms with Gasteiger partial charge in [0.15, 0.2) is 5.96 Å². The normalized spacial score (nSPS) is 23.8. The van der Waals surface area contributed by atoms with Crippen molar-refractivity contribution >= 4 is 5.96 Å². The Balaban J connectivity index is 1.71. The molecule has 1 atom stereocenters. The Kier molecular flexibility index (Phi) is 7.37. The van der Waals surface area contributed by atoms with Gasteiger partial charge in [-0.2, -0.15) is 13.2 Å². The van der Waals surface area contributed by atoms with Crippen LogP contribution in [0.4, 0.5) is 13.2 Å². The lowest BCUT2D eigenvalue weighted by Gasteiger charge is -2.39. The number of aliphatic imine (C=N–C) groups is 1. The van der Waals surface area contributed by atoms with E-state index in [2.05, 4.69) is 27.2 Å². The van der Waals surface area contributed by atoms with Crippen molar-refractivity contribution in [3.8, 4) is 0 Å². The number of halogens is 3. The number of piperazine rings is 1. The van der Waals surface area contributed by atoms with Crippen molar-refractivity contribution in [2.75, 3.05) is 59.9 Å². The topological polar surface area (TPSA) is 34.1 Å². The minimum atomic E-state index is -4.16. The van der Waals surface area contributed by atoms with Gasteiger partial charge in [0.05, 0.1) is 0 Å². The maximum atomic E-state index is 12.8. The van der Waals surface area contributed by atoms with Crippen LogP contribution in [-0.2, 0) is 0 Å².